The molecule has 2 aromatic carbocycles. The highest BCUT2D eigenvalue weighted by atomic mass is 35.5. The average molecular weight is 208 g/mol. The molecule has 0 heterocycles. The van der Waals surface area contributed by atoms with Crippen molar-refractivity contribution in [1.29, 1.82) is 0 Å². The van der Waals surface area contributed by atoms with Gasteiger partial charge in [0.15, 0.2) is 6.29 Å². The molecule has 0 aliphatic heterocycles. The Kier molecular flexibility index (Phi) is 3.10. The Labute approximate surface area is 88.1 Å². The molecule has 0 aromatic heterocycles. The Balaban J connectivity index is 0.000000980. The highest BCUT2D eigenvalue weighted by Gasteiger charge is 2.01. The molecule has 0 spiro atoms. The highest BCUT2D eigenvalue weighted by Crippen LogP contribution is 2.23. The number of anilines is 1. The van der Waals surface area contributed by atoms with Gasteiger partial charge in [0.25, 0.3) is 0 Å². The summed E-state index contributed by atoms with van der Waals surface area (Å²) >= 11 is 0. The number of carbonyl (C=O) groups excluding carboxylic acids is 1. The minimum absolute atomic E-state index is 0. The van der Waals surface area contributed by atoms with Crippen LogP contribution in [0.2, 0.25) is 0 Å². The van der Waals surface area contributed by atoms with Gasteiger partial charge in [-0.25, -0.2) is 0 Å². The van der Waals surface area contributed by atoms with Crippen molar-refractivity contribution in [2.24, 2.45) is 0 Å². The number of benzene rings is 2. The number of aldehydes is 1. The third kappa shape index (κ3) is 1.56. The molecule has 0 bridgehead atoms. The van der Waals surface area contributed by atoms with E-state index in [1.165, 1.54) is 0 Å². The van der Waals surface area contributed by atoms with Gasteiger partial charge in [-0.05, 0) is 11.5 Å². The first-order valence-electron chi connectivity index (χ1n) is 4.05. The molecule has 0 unspecified atom stereocenters. The molecule has 3 heteroatoms. The summed E-state index contributed by atoms with van der Waals surface area (Å²) in [7, 11) is 0. The lowest BCUT2D eigenvalue weighted by Crippen LogP contribution is -1.93. The summed E-state index contributed by atoms with van der Waals surface area (Å²) in [6, 6.07) is 11.4. The fraction of sp³-hybridized carbons (Fsp3) is 0. The van der Waals surface area contributed by atoms with Gasteiger partial charge in [0, 0.05) is 16.6 Å². The van der Waals surface area contributed by atoms with E-state index in [4.69, 9.17) is 5.73 Å². The third-order valence-electron chi connectivity index (χ3n) is 2.13. The number of hydrogen-bond donors (Lipinski definition) is 1. The lowest BCUT2D eigenvalue weighted by atomic mass is 10.1. The first-order valence-corrected chi connectivity index (χ1v) is 4.05. The predicted octanol–water partition coefficient (Wildman–Crippen LogP) is 2.66. The molecule has 2 nitrogen and oxygen atoms in total. The number of halogens is 1. The SMILES string of the molecule is Cl.Nc1c(C=O)ccc2ccccc12. The lowest BCUT2D eigenvalue weighted by molar-refractivity contribution is 0.112. The summed E-state index contributed by atoms with van der Waals surface area (Å²) in [6.07, 6.45) is 0.780. The largest absolute Gasteiger partial charge is 0.398 e. The van der Waals surface area contributed by atoms with Crippen molar-refractivity contribution in [3.8, 4) is 0 Å². The van der Waals surface area contributed by atoms with Gasteiger partial charge in [0.1, 0.15) is 0 Å². The molecule has 2 N–H and O–H groups in total. The number of rotatable bonds is 1. The summed E-state index contributed by atoms with van der Waals surface area (Å²) in [6.45, 7) is 0. The average Bonchev–Trinajstić information content (AvgIpc) is 2.19. The molecule has 0 atom stereocenters. The van der Waals surface area contributed by atoms with Gasteiger partial charge >= 0.3 is 0 Å². The Morgan fingerprint density at radius 1 is 1.07 bits per heavy atom. The zero-order valence-electron chi connectivity index (χ0n) is 7.44. The van der Waals surface area contributed by atoms with Crippen LogP contribution in [-0.4, -0.2) is 6.29 Å². The summed E-state index contributed by atoms with van der Waals surface area (Å²) in [4.78, 5) is 10.6. The summed E-state index contributed by atoms with van der Waals surface area (Å²) in [5, 5.41) is 2.00. The number of hydrogen-bond acceptors (Lipinski definition) is 2. The van der Waals surface area contributed by atoms with Crippen molar-refractivity contribution in [1.82, 2.24) is 0 Å². The molecule has 0 radical (unpaired) electrons. The van der Waals surface area contributed by atoms with Crippen molar-refractivity contribution in [2.45, 2.75) is 0 Å². The van der Waals surface area contributed by atoms with Crippen molar-refractivity contribution < 1.29 is 4.79 Å². The maximum Gasteiger partial charge on any atom is 0.152 e. The molecule has 0 amide bonds. The molecular weight excluding hydrogens is 198 g/mol. The molecule has 0 saturated heterocycles. The molecule has 2 rings (SSSR count). The van der Waals surface area contributed by atoms with Crippen LogP contribution in [0, 0.1) is 0 Å². The van der Waals surface area contributed by atoms with Crippen LogP contribution in [0.4, 0.5) is 5.69 Å². The molecule has 0 aliphatic rings. The van der Waals surface area contributed by atoms with Crippen molar-refractivity contribution in [2.75, 3.05) is 5.73 Å². The zero-order valence-corrected chi connectivity index (χ0v) is 8.25. The van der Waals surface area contributed by atoms with Crippen LogP contribution in [0.5, 0.6) is 0 Å². The molecule has 0 fully saturated rings. The van der Waals surface area contributed by atoms with Gasteiger partial charge in [0.2, 0.25) is 0 Å². The van der Waals surface area contributed by atoms with E-state index < -0.39 is 0 Å². The molecule has 0 aliphatic carbocycles. The Morgan fingerprint density at radius 3 is 2.50 bits per heavy atom. The number of nitrogen functional groups attached to an aromatic ring is 1. The van der Waals surface area contributed by atoms with Crippen LogP contribution in [-0.2, 0) is 0 Å². The van der Waals surface area contributed by atoms with Crippen molar-refractivity contribution in [3.05, 3.63) is 42.0 Å². The monoisotopic (exact) mass is 207 g/mol. The second kappa shape index (κ2) is 4.11. The first-order chi connectivity index (χ1) is 6.33. The van der Waals surface area contributed by atoms with Crippen LogP contribution in [0.1, 0.15) is 10.4 Å². The summed E-state index contributed by atoms with van der Waals surface area (Å²) < 4.78 is 0. The van der Waals surface area contributed by atoms with Crippen LogP contribution in [0.25, 0.3) is 10.8 Å². The fourth-order valence-corrected chi connectivity index (χ4v) is 1.42. The van der Waals surface area contributed by atoms with E-state index in [2.05, 4.69) is 0 Å². The third-order valence-corrected chi connectivity index (χ3v) is 2.13. The van der Waals surface area contributed by atoms with E-state index >= 15 is 0 Å². The standard InChI is InChI=1S/C11H9NO.ClH/c12-11-9(7-13)6-5-8-3-1-2-4-10(8)11;/h1-7H,12H2;1H. The fourth-order valence-electron chi connectivity index (χ4n) is 1.42. The van der Waals surface area contributed by atoms with E-state index in [0.29, 0.717) is 11.3 Å². The van der Waals surface area contributed by atoms with Crippen molar-refractivity contribution in [3.63, 3.8) is 0 Å². The molecule has 2 aromatic rings. The van der Waals surface area contributed by atoms with E-state index in [1.54, 1.807) is 6.07 Å². The minimum atomic E-state index is 0. The van der Waals surface area contributed by atoms with Crippen LogP contribution in [0.15, 0.2) is 36.4 Å². The smallest absolute Gasteiger partial charge is 0.152 e. The van der Waals surface area contributed by atoms with Crippen LogP contribution >= 0.6 is 12.4 Å². The van der Waals surface area contributed by atoms with Crippen LogP contribution in [0.3, 0.4) is 0 Å². The number of carbonyl (C=O) groups is 1. The van der Waals surface area contributed by atoms with E-state index in [1.807, 2.05) is 30.3 Å². The zero-order chi connectivity index (χ0) is 9.26. The van der Waals surface area contributed by atoms with E-state index in [-0.39, 0.29) is 12.4 Å². The second-order valence-electron chi connectivity index (χ2n) is 2.91. The van der Waals surface area contributed by atoms with Gasteiger partial charge in [-0.1, -0.05) is 30.3 Å². The van der Waals surface area contributed by atoms with E-state index in [0.717, 1.165) is 17.1 Å². The topological polar surface area (TPSA) is 43.1 Å². The summed E-state index contributed by atoms with van der Waals surface area (Å²) in [5.74, 6) is 0. The maximum absolute atomic E-state index is 10.6. The van der Waals surface area contributed by atoms with E-state index in [9.17, 15) is 4.79 Å². The Hall–Kier alpha value is -1.54. The second-order valence-corrected chi connectivity index (χ2v) is 2.91. The van der Waals surface area contributed by atoms with Gasteiger partial charge < -0.3 is 5.73 Å². The molecule has 72 valence electrons. The number of fused-ring (bicyclic) bond motifs is 1. The molecular formula is C11H10ClNO. The van der Waals surface area contributed by atoms with Crippen LogP contribution < -0.4 is 5.73 Å². The minimum Gasteiger partial charge on any atom is -0.398 e. The molecule has 14 heavy (non-hydrogen) atoms. The van der Waals surface area contributed by atoms with Crippen molar-refractivity contribution >= 4 is 35.2 Å². The van der Waals surface area contributed by atoms with Gasteiger partial charge in [-0.2, -0.15) is 0 Å². The Morgan fingerprint density at radius 2 is 1.79 bits per heavy atom. The maximum atomic E-state index is 10.6. The lowest BCUT2D eigenvalue weighted by Gasteiger charge is -2.03. The highest BCUT2D eigenvalue weighted by molar-refractivity contribution is 6.00. The first kappa shape index (κ1) is 10.5. The predicted molar refractivity (Wildman–Crippen MR) is 61.0 cm³/mol. The van der Waals surface area contributed by atoms with Gasteiger partial charge in [0.05, 0.1) is 0 Å². The quantitative estimate of drug-likeness (QED) is 0.577. The molecule has 0 saturated carbocycles. The summed E-state index contributed by atoms with van der Waals surface area (Å²) in [5.41, 5.74) is 6.92. The van der Waals surface area contributed by atoms with Gasteiger partial charge in [-0.15, -0.1) is 12.4 Å². The van der Waals surface area contributed by atoms with Gasteiger partial charge in [-0.3, -0.25) is 4.79 Å². The Bertz CT molecular complexity index is 468. The normalized spacial score (nSPS) is 9.43. The number of nitrogens with two attached hydrogens (primary N) is 1.